The van der Waals surface area contributed by atoms with Crippen molar-refractivity contribution < 1.29 is 19.4 Å². The lowest BCUT2D eigenvalue weighted by atomic mass is 9.76. The third-order valence-electron chi connectivity index (χ3n) is 4.65. The highest BCUT2D eigenvalue weighted by Crippen LogP contribution is 2.36. The fourth-order valence-electron chi connectivity index (χ4n) is 3.57. The summed E-state index contributed by atoms with van der Waals surface area (Å²) in [5, 5.41) is 12.8. The first-order chi connectivity index (χ1) is 9.88. The zero-order chi connectivity index (χ0) is 15.6. The smallest absolute Gasteiger partial charge is 0.326 e. The zero-order valence-electron chi connectivity index (χ0n) is 13.1. The van der Waals surface area contributed by atoms with Crippen LogP contribution >= 0.6 is 0 Å². The van der Waals surface area contributed by atoms with Crippen molar-refractivity contribution in [1.29, 1.82) is 0 Å². The van der Waals surface area contributed by atoms with Gasteiger partial charge in [0, 0.05) is 12.6 Å². The molecule has 3 unspecified atom stereocenters. The quantitative estimate of drug-likeness (QED) is 0.799. The van der Waals surface area contributed by atoms with E-state index in [4.69, 9.17) is 4.74 Å². The minimum atomic E-state index is -0.910. The molecule has 2 aliphatic heterocycles. The standard InChI is InChI=1S/C15H26N2O4/c1-4-16-11-9-21-8-10(11)13(18)17-7-5-6-15(2,3)12(17)14(19)20/h10-12,16H,4-9H2,1-3H3,(H,19,20). The van der Waals surface area contributed by atoms with Crippen molar-refractivity contribution in [3.8, 4) is 0 Å². The van der Waals surface area contributed by atoms with Gasteiger partial charge in [0.1, 0.15) is 6.04 Å². The molecule has 2 rings (SSSR count). The topological polar surface area (TPSA) is 78.9 Å². The molecule has 0 bridgehead atoms. The average molecular weight is 298 g/mol. The van der Waals surface area contributed by atoms with Gasteiger partial charge in [0.25, 0.3) is 0 Å². The number of likely N-dealkylation sites (N-methyl/N-ethyl adjacent to an activating group) is 1. The maximum absolute atomic E-state index is 12.8. The first-order valence-electron chi connectivity index (χ1n) is 7.73. The van der Waals surface area contributed by atoms with E-state index in [1.165, 1.54) is 0 Å². The fraction of sp³-hybridized carbons (Fsp3) is 0.867. The molecule has 0 saturated carbocycles. The maximum atomic E-state index is 12.8. The van der Waals surface area contributed by atoms with E-state index in [0.29, 0.717) is 19.8 Å². The highest BCUT2D eigenvalue weighted by molar-refractivity contribution is 5.86. The van der Waals surface area contributed by atoms with Crippen LogP contribution in [-0.2, 0) is 14.3 Å². The van der Waals surface area contributed by atoms with Crippen molar-refractivity contribution in [3.05, 3.63) is 0 Å². The largest absolute Gasteiger partial charge is 0.480 e. The van der Waals surface area contributed by atoms with Gasteiger partial charge in [0.15, 0.2) is 0 Å². The molecule has 6 nitrogen and oxygen atoms in total. The minimum absolute atomic E-state index is 0.0121. The number of nitrogens with zero attached hydrogens (tertiary/aromatic N) is 1. The highest BCUT2D eigenvalue weighted by Gasteiger charge is 2.47. The summed E-state index contributed by atoms with van der Waals surface area (Å²) in [5.41, 5.74) is -0.396. The van der Waals surface area contributed by atoms with Gasteiger partial charge in [-0.05, 0) is 24.8 Å². The molecule has 3 atom stereocenters. The van der Waals surface area contributed by atoms with E-state index in [0.717, 1.165) is 19.4 Å². The van der Waals surface area contributed by atoms with E-state index in [-0.39, 0.29) is 17.9 Å². The second-order valence-electron chi connectivity index (χ2n) is 6.67. The fourth-order valence-corrected chi connectivity index (χ4v) is 3.57. The Kier molecular flexibility index (Phi) is 4.88. The lowest BCUT2D eigenvalue weighted by molar-refractivity contribution is -0.161. The van der Waals surface area contributed by atoms with Crippen LogP contribution in [0.2, 0.25) is 0 Å². The number of carbonyl (C=O) groups excluding carboxylic acids is 1. The van der Waals surface area contributed by atoms with Crippen LogP contribution in [0.4, 0.5) is 0 Å². The third-order valence-corrected chi connectivity index (χ3v) is 4.65. The van der Waals surface area contributed by atoms with Crippen LogP contribution in [-0.4, -0.2) is 60.3 Å². The van der Waals surface area contributed by atoms with Crippen molar-refractivity contribution in [2.45, 2.75) is 45.7 Å². The lowest BCUT2D eigenvalue weighted by Gasteiger charge is -2.45. The number of amides is 1. The van der Waals surface area contributed by atoms with Gasteiger partial charge in [0.05, 0.1) is 19.1 Å². The predicted molar refractivity (Wildman–Crippen MR) is 77.9 cm³/mol. The molecule has 21 heavy (non-hydrogen) atoms. The normalized spacial score (nSPS) is 32.1. The van der Waals surface area contributed by atoms with Gasteiger partial charge >= 0.3 is 5.97 Å². The Morgan fingerprint density at radius 2 is 2.10 bits per heavy atom. The number of likely N-dealkylation sites (tertiary alicyclic amines) is 1. The molecular formula is C15H26N2O4. The number of carbonyl (C=O) groups is 2. The summed E-state index contributed by atoms with van der Waals surface area (Å²) < 4.78 is 5.42. The summed E-state index contributed by atoms with van der Waals surface area (Å²) in [7, 11) is 0. The van der Waals surface area contributed by atoms with E-state index < -0.39 is 17.4 Å². The van der Waals surface area contributed by atoms with Crippen LogP contribution in [0.3, 0.4) is 0 Å². The van der Waals surface area contributed by atoms with E-state index in [2.05, 4.69) is 5.32 Å². The predicted octanol–water partition coefficient (Wildman–Crippen LogP) is 0.713. The molecule has 6 heteroatoms. The van der Waals surface area contributed by atoms with Crippen molar-refractivity contribution in [2.24, 2.45) is 11.3 Å². The summed E-state index contributed by atoms with van der Waals surface area (Å²) in [6.45, 7) is 8.03. The first kappa shape index (κ1) is 16.2. The molecule has 1 amide bonds. The zero-order valence-corrected chi connectivity index (χ0v) is 13.1. The van der Waals surface area contributed by atoms with Crippen molar-refractivity contribution >= 4 is 11.9 Å². The molecule has 2 saturated heterocycles. The van der Waals surface area contributed by atoms with Crippen molar-refractivity contribution in [1.82, 2.24) is 10.2 Å². The van der Waals surface area contributed by atoms with Gasteiger partial charge in [-0.2, -0.15) is 0 Å². The number of piperidine rings is 1. The van der Waals surface area contributed by atoms with Gasteiger partial charge in [-0.15, -0.1) is 0 Å². The Balaban J connectivity index is 2.18. The molecule has 2 aliphatic rings. The molecule has 0 radical (unpaired) electrons. The van der Waals surface area contributed by atoms with Crippen LogP contribution in [0, 0.1) is 11.3 Å². The first-order valence-corrected chi connectivity index (χ1v) is 7.73. The van der Waals surface area contributed by atoms with Crippen LogP contribution in [0.25, 0.3) is 0 Å². The maximum Gasteiger partial charge on any atom is 0.326 e. The van der Waals surface area contributed by atoms with E-state index in [1.807, 2.05) is 20.8 Å². The number of carboxylic acids is 1. The Bertz CT molecular complexity index is 410. The summed E-state index contributed by atoms with van der Waals surface area (Å²) >= 11 is 0. The third kappa shape index (κ3) is 3.21. The number of carboxylic acid groups (broad SMARTS) is 1. The van der Waals surface area contributed by atoms with E-state index >= 15 is 0 Å². The van der Waals surface area contributed by atoms with E-state index in [1.54, 1.807) is 4.90 Å². The van der Waals surface area contributed by atoms with Crippen LogP contribution in [0.1, 0.15) is 33.6 Å². The second-order valence-corrected chi connectivity index (χ2v) is 6.67. The number of nitrogens with one attached hydrogen (secondary N) is 1. The van der Waals surface area contributed by atoms with Crippen molar-refractivity contribution in [3.63, 3.8) is 0 Å². The number of aliphatic carboxylic acids is 1. The molecule has 0 aromatic carbocycles. The SMILES string of the molecule is CCNC1COCC1C(=O)N1CCCC(C)(C)C1C(=O)O. The Morgan fingerprint density at radius 1 is 1.38 bits per heavy atom. The molecule has 0 aromatic rings. The molecule has 0 aliphatic carbocycles. The van der Waals surface area contributed by atoms with Crippen LogP contribution in [0.5, 0.6) is 0 Å². The number of ether oxygens (including phenoxy) is 1. The van der Waals surface area contributed by atoms with Gasteiger partial charge in [0.2, 0.25) is 5.91 Å². The molecule has 0 aromatic heterocycles. The molecule has 0 spiro atoms. The Labute approximate surface area is 125 Å². The Hall–Kier alpha value is -1.14. The van der Waals surface area contributed by atoms with E-state index in [9.17, 15) is 14.7 Å². The highest BCUT2D eigenvalue weighted by atomic mass is 16.5. The average Bonchev–Trinajstić information content (AvgIpc) is 2.84. The second kappa shape index (κ2) is 6.32. The molecule has 2 fully saturated rings. The monoisotopic (exact) mass is 298 g/mol. The van der Waals surface area contributed by atoms with Crippen LogP contribution in [0.15, 0.2) is 0 Å². The summed E-state index contributed by atoms with van der Waals surface area (Å²) in [6.07, 6.45) is 1.67. The minimum Gasteiger partial charge on any atom is -0.480 e. The van der Waals surface area contributed by atoms with Gasteiger partial charge in [-0.3, -0.25) is 4.79 Å². The molecule has 2 heterocycles. The summed E-state index contributed by atoms with van der Waals surface area (Å²) in [6, 6.07) is -0.761. The van der Waals surface area contributed by atoms with Crippen molar-refractivity contribution in [2.75, 3.05) is 26.3 Å². The number of hydrogen-bond acceptors (Lipinski definition) is 4. The van der Waals surface area contributed by atoms with Crippen LogP contribution < -0.4 is 5.32 Å². The van der Waals surface area contributed by atoms with Gasteiger partial charge < -0.3 is 20.1 Å². The number of hydrogen-bond donors (Lipinski definition) is 2. The summed E-state index contributed by atoms with van der Waals surface area (Å²) in [5.74, 6) is -1.27. The Morgan fingerprint density at radius 3 is 2.71 bits per heavy atom. The molecular weight excluding hydrogens is 272 g/mol. The van der Waals surface area contributed by atoms with Gasteiger partial charge in [-0.1, -0.05) is 20.8 Å². The molecule has 120 valence electrons. The lowest BCUT2D eigenvalue weighted by Crippen LogP contribution is -2.59. The molecule has 2 N–H and O–H groups in total. The summed E-state index contributed by atoms with van der Waals surface area (Å²) in [4.78, 5) is 26.1. The number of rotatable bonds is 4. The van der Waals surface area contributed by atoms with Gasteiger partial charge in [-0.25, -0.2) is 4.79 Å².